The number of furan rings is 1. The summed E-state index contributed by atoms with van der Waals surface area (Å²) in [5.41, 5.74) is 0.774. The molecule has 12 heavy (non-hydrogen) atoms. The second-order valence-corrected chi connectivity index (χ2v) is 3.00. The van der Waals surface area contributed by atoms with Crippen LogP contribution in [0.2, 0.25) is 0 Å². The molecule has 3 heteroatoms. The molecule has 2 N–H and O–H groups in total. The molecule has 68 valence electrons. The highest BCUT2D eigenvalue weighted by Gasteiger charge is 2.09. The van der Waals surface area contributed by atoms with E-state index in [0.717, 1.165) is 5.56 Å². The molecule has 1 aromatic heterocycles. The first kappa shape index (κ1) is 9.29. The van der Waals surface area contributed by atoms with Gasteiger partial charge >= 0.3 is 0 Å². The fourth-order valence-corrected chi connectivity index (χ4v) is 1.03. The zero-order valence-electron chi connectivity index (χ0n) is 7.10. The Hall–Kier alpha value is -0.800. The van der Waals surface area contributed by atoms with Crippen molar-refractivity contribution in [3.8, 4) is 0 Å². The first-order chi connectivity index (χ1) is 5.70. The van der Waals surface area contributed by atoms with Gasteiger partial charge in [-0.05, 0) is 25.8 Å². The van der Waals surface area contributed by atoms with Crippen LogP contribution in [0.1, 0.15) is 31.4 Å². The van der Waals surface area contributed by atoms with Crippen molar-refractivity contribution in [3.63, 3.8) is 0 Å². The van der Waals surface area contributed by atoms with Gasteiger partial charge in [-0.2, -0.15) is 0 Å². The third-order valence-corrected chi connectivity index (χ3v) is 1.79. The molecule has 1 heterocycles. The summed E-state index contributed by atoms with van der Waals surface area (Å²) in [6, 6.07) is 1.73. The van der Waals surface area contributed by atoms with E-state index in [0.29, 0.717) is 12.8 Å². The van der Waals surface area contributed by atoms with Gasteiger partial charge in [-0.3, -0.25) is 0 Å². The first-order valence-corrected chi connectivity index (χ1v) is 4.08. The minimum Gasteiger partial charge on any atom is -0.472 e. The van der Waals surface area contributed by atoms with E-state index < -0.39 is 6.10 Å². The lowest BCUT2D eigenvalue weighted by Gasteiger charge is -2.08. The van der Waals surface area contributed by atoms with E-state index in [1.54, 1.807) is 13.0 Å². The zero-order chi connectivity index (χ0) is 8.97. The van der Waals surface area contributed by atoms with E-state index in [4.69, 9.17) is 9.52 Å². The fourth-order valence-electron chi connectivity index (χ4n) is 1.03. The molecule has 2 atom stereocenters. The Kier molecular flexibility index (Phi) is 3.31. The number of aliphatic hydroxyl groups excluding tert-OH is 2. The zero-order valence-corrected chi connectivity index (χ0v) is 7.10. The van der Waals surface area contributed by atoms with Gasteiger partial charge in [-0.1, -0.05) is 0 Å². The predicted octanol–water partition coefficient (Wildman–Crippen LogP) is 1.47. The van der Waals surface area contributed by atoms with Crippen molar-refractivity contribution in [2.45, 2.75) is 32.0 Å². The Balaban J connectivity index is 2.34. The van der Waals surface area contributed by atoms with Crippen molar-refractivity contribution < 1.29 is 14.6 Å². The van der Waals surface area contributed by atoms with Crippen LogP contribution in [0.5, 0.6) is 0 Å². The molecule has 0 aromatic carbocycles. The van der Waals surface area contributed by atoms with Crippen LogP contribution in [0.4, 0.5) is 0 Å². The lowest BCUT2D eigenvalue weighted by molar-refractivity contribution is 0.123. The van der Waals surface area contributed by atoms with Gasteiger partial charge in [0, 0.05) is 5.56 Å². The standard InChI is InChI=1S/C9H14O3/c1-7(10)2-3-9(11)8-4-5-12-6-8/h4-7,9-11H,2-3H2,1H3. The minimum absolute atomic E-state index is 0.355. The predicted molar refractivity (Wildman–Crippen MR) is 44.6 cm³/mol. The second-order valence-electron chi connectivity index (χ2n) is 3.00. The molecular formula is C9H14O3. The summed E-state index contributed by atoms with van der Waals surface area (Å²) in [7, 11) is 0. The molecule has 0 fully saturated rings. The van der Waals surface area contributed by atoms with Crippen LogP contribution in [0.25, 0.3) is 0 Å². The Labute approximate surface area is 71.6 Å². The van der Waals surface area contributed by atoms with Crippen molar-refractivity contribution in [1.82, 2.24) is 0 Å². The van der Waals surface area contributed by atoms with Crippen LogP contribution in [-0.2, 0) is 0 Å². The van der Waals surface area contributed by atoms with Crippen LogP contribution in [0, 0.1) is 0 Å². The molecule has 0 aliphatic heterocycles. The summed E-state index contributed by atoms with van der Waals surface area (Å²) < 4.78 is 4.82. The van der Waals surface area contributed by atoms with Gasteiger partial charge in [0.05, 0.1) is 24.7 Å². The van der Waals surface area contributed by atoms with Gasteiger partial charge in [-0.25, -0.2) is 0 Å². The van der Waals surface area contributed by atoms with Crippen LogP contribution in [0.15, 0.2) is 23.0 Å². The van der Waals surface area contributed by atoms with E-state index in [9.17, 15) is 5.11 Å². The van der Waals surface area contributed by atoms with Crippen molar-refractivity contribution in [2.75, 3.05) is 0 Å². The molecule has 0 radical (unpaired) electrons. The first-order valence-electron chi connectivity index (χ1n) is 4.08. The van der Waals surface area contributed by atoms with Crippen LogP contribution in [-0.4, -0.2) is 16.3 Å². The molecule has 2 unspecified atom stereocenters. The lowest BCUT2D eigenvalue weighted by Crippen LogP contribution is -2.03. The molecule has 0 saturated carbocycles. The average Bonchev–Trinajstić information content (AvgIpc) is 2.51. The third-order valence-electron chi connectivity index (χ3n) is 1.79. The quantitative estimate of drug-likeness (QED) is 0.719. The summed E-state index contributed by atoms with van der Waals surface area (Å²) in [5, 5.41) is 18.5. The van der Waals surface area contributed by atoms with E-state index in [-0.39, 0.29) is 6.10 Å². The molecule has 0 bridgehead atoms. The number of hydrogen-bond donors (Lipinski definition) is 2. The molecule has 1 rings (SSSR count). The highest BCUT2D eigenvalue weighted by atomic mass is 16.3. The maximum Gasteiger partial charge on any atom is 0.0960 e. The fraction of sp³-hybridized carbons (Fsp3) is 0.556. The Morgan fingerprint density at radius 3 is 2.67 bits per heavy atom. The SMILES string of the molecule is CC(O)CCC(O)c1ccoc1. The monoisotopic (exact) mass is 170 g/mol. The van der Waals surface area contributed by atoms with Crippen molar-refractivity contribution >= 4 is 0 Å². The maximum absolute atomic E-state index is 9.49. The van der Waals surface area contributed by atoms with Crippen LogP contribution in [0.3, 0.4) is 0 Å². The van der Waals surface area contributed by atoms with Gasteiger partial charge in [0.2, 0.25) is 0 Å². The van der Waals surface area contributed by atoms with Gasteiger partial charge in [-0.15, -0.1) is 0 Å². The van der Waals surface area contributed by atoms with E-state index >= 15 is 0 Å². The number of hydrogen-bond acceptors (Lipinski definition) is 3. The molecule has 0 saturated heterocycles. The van der Waals surface area contributed by atoms with Crippen molar-refractivity contribution in [2.24, 2.45) is 0 Å². The Morgan fingerprint density at radius 1 is 1.42 bits per heavy atom. The number of rotatable bonds is 4. The van der Waals surface area contributed by atoms with E-state index in [2.05, 4.69) is 0 Å². The Bertz CT molecular complexity index is 204. The molecule has 3 nitrogen and oxygen atoms in total. The van der Waals surface area contributed by atoms with Crippen molar-refractivity contribution in [1.29, 1.82) is 0 Å². The smallest absolute Gasteiger partial charge is 0.0960 e. The summed E-state index contributed by atoms with van der Waals surface area (Å²) in [6.45, 7) is 1.71. The summed E-state index contributed by atoms with van der Waals surface area (Å²) >= 11 is 0. The van der Waals surface area contributed by atoms with E-state index in [1.165, 1.54) is 12.5 Å². The summed E-state index contributed by atoms with van der Waals surface area (Å²) in [4.78, 5) is 0. The minimum atomic E-state index is -0.515. The molecule has 1 aromatic rings. The average molecular weight is 170 g/mol. The number of aliphatic hydroxyl groups is 2. The highest BCUT2D eigenvalue weighted by molar-refractivity contribution is 5.08. The maximum atomic E-state index is 9.49. The summed E-state index contributed by atoms with van der Waals surface area (Å²) in [6.07, 6.45) is 3.35. The van der Waals surface area contributed by atoms with E-state index in [1.807, 2.05) is 0 Å². The van der Waals surface area contributed by atoms with Gasteiger partial charge in [0.1, 0.15) is 0 Å². The molecule has 0 spiro atoms. The molecule has 0 amide bonds. The van der Waals surface area contributed by atoms with Gasteiger partial charge < -0.3 is 14.6 Å². The van der Waals surface area contributed by atoms with Crippen LogP contribution < -0.4 is 0 Å². The summed E-state index contributed by atoms with van der Waals surface area (Å²) in [5.74, 6) is 0. The van der Waals surface area contributed by atoms with Gasteiger partial charge in [0.15, 0.2) is 0 Å². The van der Waals surface area contributed by atoms with Crippen molar-refractivity contribution in [3.05, 3.63) is 24.2 Å². The third kappa shape index (κ3) is 2.68. The Morgan fingerprint density at radius 2 is 2.17 bits per heavy atom. The normalized spacial score (nSPS) is 15.9. The second kappa shape index (κ2) is 4.28. The van der Waals surface area contributed by atoms with Gasteiger partial charge in [0.25, 0.3) is 0 Å². The molecular weight excluding hydrogens is 156 g/mol. The molecule has 0 aliphatic rings. The van der Waals surface area contributed by atoms with Crippen LogP contribution >= 0.6 is 0 Å². The largest absolute Gasteiger partial charge is 0.472 e. The highest BCUT2D eigenvalue weighted by Crippen LogP contribution is 2.18. The lowest BCUT2D eigenvalue weighted by atomic mass is 10.1. The topological polar surface area (TPSA) is 53.6 Å². The molecule has 0 aliphatic carbocycles.